The molecule has 0 bridgehead atoms. The van der Waals surface area contributed by atoms with Crippen LogP contribution in [0.1, 0.15) is 5.56 Å². The second-order valence-corrected chi connectivity index (χ2v) is 2.78. The summed E-state index contributed by atoms with van der Waals surface area (Å²) in [6.07, 6.45) is 5.21. The summed E-state index contributed by atoms with van der Waals surface area (Å²) in [6, 6.07) is 9.95. The third-order valence-electron chi connectivity index (χ3n) is 1.96. The maximum Gasteiger partial charge on any atom is 0.0707 e. The van der Waals surface area contributed by atoms with Crippen LogP contribution in [0.15, 0.2) is 42.7 Å². The van der Waals surface area contributed by atoms with Crippen molar-refractivity contribution in [3.05, 3.63) is 48.3 Å². The molecule has 0 saturated carbocycles. The van der Waals surface area contributed by atoms with E-state index in [2.05, 4.69) is 4.98 Å². The Morgan fingerprint density at radius 3 is 2.85 bits per heavy atom. The first-order valence-corrected chi connectivity index (χ1v) is 4.14. The lowest BCUT2D eigenvalue weighted by molar-refractivity contribution is 1.40. The number of hydrogen-bond donors (Lipinski definition) is 1. The van der Waals surface area contributed by atoms with Crippen LogP contribution in [0.2, 0.25) is 0 Å². The molecule has 0 aliphatic rings. The highest BCUT2D eigenvalue weighted by molar-refractivity contribution is 5.87. The third-order valence-corrected chi connectivity index (χ3v) is 1.96. The van der Waals surface area contributed by atoms with Gasteiger partial charge in [0.1, 0.15) is 0 Å². The number of hydrogen-bond acceptors (Lipinski definition) is 2. The van der Waals surface area contributed by atoms with Gasteiger partial charge in [-0.05, 0) is 30.0 Å². The summed E-state index contributed by atoms with van der Waals surface area (Å²) in [6.45, 7) is 0. The van der Waals surface area contributed by atoms with E-state index in [0.29, 0.717) is 0 Å². The fraction of sp³-hybridized carbons (Fsp3) is 0. The van der Waals surface area contributed by atoms with Crippen molar-refractivity contribution in [3.63, 3.8) is 0 Å². The fourth-order valence-electron chi connectivity index (χ4n) is 1.37. The van der Waals surface area contributed by atoms with Gasteiger partial charge in [0.05, 0.1) is 5.52 Å². The zero-order valence-electron chi connectivity index (χ0n) is 7.14. The highest BCUT2D eigenvalue weighted by Crippen LogP contribution is 2.16. The number of rotatable bonds is 1. The van der Waals surface area contributed by atoms with Gasteiger partial charge in [-0.3, -0.25) is 4.98 Å². The standard InChI is InChI=1S/C11H10N2/c12-7-5-9-6-8-13-11-4-2-1-3-10(9)11/h1-8H,12H2. The first-order chi connectivity index (χ1) is 6.42. The SMILES string of the molecule is NC=Cc1ccnc2ccccc12. The number of fused-ring (bicyclic) bond motifs is 1. The minimum Gasteiger partial charge on any atom is -0.405 e. The lowest BCUT2D eigenvalue weighted by atomic mass is 10.1. The largest absolute Gasteiger partial charge is 0.405 e. The van der Waals surface area contributed by atoms with Crippen LogP contribution in [-0.2, 0) is 0 Å². The van der Waals surface area contributed by atoms with Gasteiger partial charge >= 0.3 is 0 Å². The van der Waals surface area contributed by atoms with Gasteiger partial charge in [0.15, 0.2) is 0 Å². The molecule has 0 radical (unpaired) electrons. The Bertz CT molecular complexity index is 441. The lowest BCUT2D eigenvalue weighted by Crippen LogP contribution is -1.83. The zero-order valence-corrected chi connectivity index (χ0v) is 7.14. The van der Waals surface area contributed by atoms with E-state index in [4.69, 9.17) is 5.73 Å². The molecule has 0 saturated heterocycles. The highest BCUT2D eigenvalue weighted by atomic mass is 14.6. The van der Waals surface area contributed by atoms with Gasteiger partial charge in [0.25, 0.3) is 0 Å². The van der Waals surface area contributed by atoms with Crippen LogP contribution in [0.25, 0.3) is 17.0 Å². The van der Waals surface area contributed by atoms with Crippen LogP contribution >= 0.6 is 0 Å². The quantitative estimate of drug-likeness (QED) is 0.712. The summed E-state index contributed by atoms with van der Waals surface area (Å²) in [5.74, 6) is 0. The average molecular weight is 170 g/mol. The molecular formula is C11H10N2. The minimum atomic E-state index is 0.998. The molecule has 0 aliphatic heterocycles. The van der Waals surface area contributed by atoms with Crippen molar-refractivity contribution in [1.29, 1.82) is 0 Å². The lowest BCUT2D eigenvalue weighted by Gasteiger charge is -1.99. The third kappa shape index (κ3) is 1.38. The summed E-state index contributed by atoms with van der Waals surface area (Å²) in [4.78, 5) is 4.25. The fourth-order valence-corrected chi connectivity index (χ4v) is 1.37. The van der Waals surface area contributed by atoms with E-state index in [-0.39, 0.29) is 0 Å². The Morgan fingerprint density at radius 1 is 1.15 bits per heavy atom. The number of nitrogens with two attached hydrogens (primary N) is 1. The van der Waals surface area contributed by atoms with Crippen LogP contribution in [0, 0.1) is 0 Å². The van der Waals surface area contributed by atoms with E-state index >= 15 is 0 Å². The highest BCUT2D eigenvalue weighted by Gasteiger charge is 1.95. The van der Waals surface area contributed by atoms with Crippen molar-refractivity contribution in [2.75, 3.05) is 0 Å². The first kappa shape index (κ1) is 7.80. The van der Waals surface area contributed by atoms with Gasteiger partial charge in [-0.2, -0.15) is 0 Å². The summed E-state index contributed by atoms with van der Waals surface area (Å²) >= 11 is 0. The predicted octanol–water partition coefficient (Wildman–Crippen LogP) is 2.16. The maximum atomic E-state index is 5.35. The van der Waals surface area contributed by atoms with Crippen LogP contribution in [0.3, 0.4) is 0 Å². The van der Waals surface area contributed by atoms with Gasteiger partial charge in [0, 0.05) is 11.6 Å². The monoisotopic (exact) mass is 170 g/mol. The van der Waals surface area contributed by atoms with Crippen molar-refractivity contribution in [2.45, 2.75) is 0 Å². The van der Waals surface area contributed by atoms with E-state index in [1.165, 1.54) is 0 Å². The Hall–Kier alpha value is -1.83. The maximum absolute atomic E-state index is 5.35. The van der Waals surface area contributed by atoms with Crippen molar-refractivity contribution in [2.24, 2.45) is 5.73 Å². The minimum absolute atomic E-state index is 0.998. The van der Waals surface area contributed by atoms with Crippen molar-refractivity contribution < 1.29 is 0 Å². The van der Waals surface area contributed by atoms with E-state index in [1.807, 2.05) is 36.4 Å². The molecule has 2 rings (SSSR count). The van der Waals surface area contributed by atoms with Crippen LogP contribution < -0.4 is 5.73 Å². The van der Waals surface area contributed by atoms with E-state index in [0.717, 1.165) is 16.5 Å². The molecule has 13 heavy (non-hydrogen) atoms. The van der Waals surface area contributed by atoms with Crippen molar-refractivity contribution >= 4 is 17.0 Å². The molecule has 2 aromatic rings. The molecular weight excluding hydrogens is 160 g/mol. The number of nitrogens with zero attached hydrogens (tertiary/aromatic N) is 1. The van der Waals surface area contributed by atoms with Crippen molar-refractivity contribution in [3.8, 4) is 0 Å². The van der Waals surface area contributed by atoms with Crippen LogP contribution in [0.4, 0.5) is 0 Å². The molecule has 64 valence electrons. The zero-order chi connectivity index (χ0) is 9.10. The normalized spacial score (nSPS) is 11.1. The number of para-hydroxylation sites is 1. The summed E-state index contributed by atoms with van der Waals surface area (Å²) in [7, 11) is 0. The smallest absolute Gasteiger partial charge is 0.0707 e. The molecule has 0 unspecified atom stereocenters. The average Bonchev–Trinajstić information content (AvgIpc) is 2.19. The van der Waals surface area contributed by atoms with E-state index in [9.17, 15) is 0 Å². The van der Waals surface area contributed by atoms with Gasteiger partial charge < -0.3 is 5.73 Å². The molecule has 1 aromatic heterocycles. The van der Waals surface area contributed by atoms with Gasteiger partial charge in [-0.1, -0.05) is 18.2 Å². The Labute approximate surface area is 76.7 Å². The number of pyridine rings is 1. The molecule has 0 spiro atoms. The van der Waals surface area contributed by atoms with Crippen molar-refractivity contribution in [1.82, 2.24) is 4.98 Å². The Balaban J connectivity index is 2.75. The molecule has 1 heterocycles. The van der Waals surface area contributed by atoms with E-state index in [1.54, 1.807) is 12.4 Å². The Morgan fingerprint density at radius 2 is 2.00 bits per heavy atom. The van der Waals surface area contributed by atoms with Gasteiger partial charge in [-0.25, -0.2) is 0 Å². The Kier molecular flexibility index (Phi) is 1.96. The topological polar surface area (TPSA) is 38.9 Å². The molecule has 2 heteroatoms. The van der Waals surface area contributed by atoms with Crippen LogP contribution in [-0.4, -0.2) is 4.98 Å². The molecule has 0 aliphatic carbocycles. The second kappa shape index (κ2) is 3.27. The molecule has 2 N–H and O–H groups in total. The number of benzene rings is 1. The summed E-state index contributed by atoms with van der Waals surface area (Å²) in [5.41, 5.74) is 7.45. The molecule has 0 amide bonds. The molecule has 0 atom stereocenters. The molecule has 1 aromatic carbocycles. The van der Waals surface area contributed by atoms with Gasteiger partial charge in [0.2, 0.25) is 0 Å². The number of aromatic nitrogens is 1. The second-order valence-electron chi connectivity index (χ2n) is 2.78. The van der Waals surface area contributed by atoms with Crippen LogP contribution in [0.5, 0.6) is 0 Å². The molecule has 0 fully saturated rings. The van der Waals surface area contributed by atoms with Gasteiger partial charge in [-0.15, -0.1) is 0 Å². The molecule has 2 nitrogen and oxygen atoms in total. The van der Waals surface area contributed by atoms with E-state index < -0.39 is 0 Å². The predicted molar refractivity (Wildman–Crippen MR) is 55.0 cm³/mol. The summed E-state index contributed by atoms with van der Waals surface area (Å²) in [5, 5.41) is 1.13. The summed E-state index contributed by atoms with van der Waals surface area (Å²) < 4.78 is 0. The first-order valence-electron chi connectivity index (χ1n) is 4.14.